The summed E-state index contributed by atoms with van der Waals surface area (Å²) in [5.74, 6) is 1.61. The Morgan fingerprint density at radius 2 is 1.81 bits per heavy atom. The molecule has 1 saturated carbocycles. The largest absolute Gasteiger partial charge is 0.490 e. The third-order valence-electron chi connectivity index (χ3n) is 4.49. The van der Waals surface area contributed by atoms with E-state index in [-0.39, 0.29) is 5.84 Å². The van der Waals surface area contributed by atoms with Gasteiger partial charge in [-0.25, -0.2) is 0 Å². The highest BCUT2D eigenvalue weighted by Crippen LogP contribution is 2.33. The lowest BCUT2D eigenvalue weighted by Gasteiger charge is -2.30. The summed E-state index contributed by atoms with van der Waals surface area (Å²) >= 11 is 0. The van der Waals surface area contributed by atoms with E-state index in [0.717, 1.165) is 28.5 Å². The van der Waals surface area contributed by atoms with Crippen molar-refractivity contribution in [2.45, 2.75) is 38.7 Å². The molecule has 0 saturated heterocycles. The lowest BCUT2D eigenvalue weighted by atomic mass is 9.88. The molecule has 0 spiro atoms. The van der Waals surface area contributed by atoms with Crippen LogP contribution in [0.4, 0.5) is 0 Å². The molecule has 0 amide bonds. The molecule has 2 aromatic rings. The fourth-order valence-electron chi connectivity index (χ4n) is 3.23. The second-order valence-electron chi connectivity index (χ2n) is 5.99. The lowest BCUT2D eigenvalue weighted by Crippen LogP contribution is -2.28. The van der Waals surface area contributed by atoms with Gasteiger partial charge in [0.2, 0.25) is 0 Å². The van der Waals surface area contributed by atoms with Crippen molar-refractivity contribution in [1.29, 1.82) is 5.41 Å². The van der Waals surface area contributed by atoms with Crippen LogP contribution in [0.15, 0.2) is 36.4 Å². The van der Waals surface area contributed by atoms with Crippen LogP contribution in [0, 0.1) is 11.3 Å². The van der Waals surface area contributed by atoms with Crippen LogP contribution < -0.4 is 10.5 Å². The molecule has 3 nitrogen and oxygen atoms in total. The third kappa shape index (κ3) is 2.73. The summed E-state index contributed by atoms with van der Waals surface area (Å²) in [6.45, 7) is 2.27. The molecule has 110 valence electrons. The average Bonchev–Trinajstić information content (AvgIpc) is 2.49. The molecule has 0 aliphatic heterocycles. The molecule has 3 N–H and O–H groups in total. The summed E-state index contributed by atoms with van der Waals surface area (Å²) < 4.78 is 6.30. The topological polar surface area (TPSA) is 59.1 Å². The maximum absolute atomic E-state index is 7.71. The SMILES string of the molecule is CC1CCCCC1Oc1ccc(C(=N)N)c2ccccc12. The minimum atomic E-state index is 0.101. The van der Waals surface area contributed by atoms with Crippen molar-refractivity contribution in [3.8, 4) is 5.75 Å². The molecule has 1 aliphatic carbocycles. The Labute approximate surface area is 125 Å². The predicted octanol–water partition coefficient (Wildman–Crippen LogP) is 4.08. The number of hydrogen-bond acceptors (Lipinski definition) is 2. The highest BCUT2D eigenvalue weighted by atomic mass is 16.5. The molecule has 2 aromatic carbocycles. The first-order valence-corrected chi connectivity index (χ1v) is 7.69. The van der Waals surface area contributed by atoms with Gasteiger partial charge in [-0.15, -0.1) is 0 Å². The zero-order chi connectivity index (χ0) is 14.8. The van der Waals surface area contributed by atoms with Crippen molar-refractivity contribution < 1.29 is 4.74 Å². The number of fused-ring (bicyclic) bond motifs is 1. The molecule has 0 aromatic heterocycles. The van der Waals surface area contributed by atoms with Crippen LogP contribution in [-0.2, 0) is 0 Å². The van der Waals surface area contributed by atoms with Gasteiger partial charge in [-0.1, -0.05) is 37.6 Å². The van der Waals surface area contributed by atoms with Gasteiger partial charge >= 0.3 is 0 Å². The number of benzene rings is 2. The van der Waals surface area contributed by atoms with Crippen molar-refractivity contribution in [2.75, 3.05) is 0 Å². The normalized spacial score (nSPS) is 22.1. The maximum atomic E-state index is 7.71. The number of rotatable bonds is 3. The van der Waals surface area contributed by atoms with Gasteiger partial charge in [0.15, 0.2) is 0 Å². The Morgan fingerprint density at radius 1 is 1.10 bits per heavy atom. The van der Waals surface area contributed by atoms with Crippen LogP contribution in [0.1, 0.15) is 38.2 Å². The minimum Gasteiger partial charge on any atom is -0.490 e. The van der Waals surface area contributed by atoms with Gasteiger partial charge in [-0.3, -0.25) is 5.41 Å². The quantitative estimate of drug-likeness (QED) is 0.658. The Hall–Kier alpha value is -2.03. The molecule has 1 aliphatic rings. The Kier molecular flexibility index (Phi) is 3.82. The van der Waals surface area contributed by atoms with Crippen molar-refractivity contribution in [1.82, 2.24) is 0 Å². The number of amidine groups is 1. The van der Waals surface area contributed by atoms with Crippen LogP contribution in [0.3, 0.4) is 0 Å². The van der Waals surface area contributed by atoms with Gasteiger partial charge < -0.3 is 10.5 Å². The first-order chi connectivity index (χ1) is 10.2. The first-order valence-electron chi connectivity index (χ1n) is 7.69. The average molecular weight is 282 g/mol. The molecule has 3 rings (SSSR count). The summed E-state index contributed by atoms with van der Waals surface area (Å²) in [5, 5.41) is 9.75. The smallest absolute Gasteiger partial charge is 0.127 e. The van der Waals surface area contributed by atoms with E-state index < -0.39 is 0 Å². The summed E-state index contributed by atoms with van der Waals surface area (Å²) in [6.07, 6.45) is 5.23. The summed E-state index contributed by atoms with van der Waals surface area (Å²) in [6, 6.07) is 11.9. The monoisotopic (exact) mass is 282 g/mol. The number of hydrogen-bond donors (Lipinski definition) is 2. The van der Waals surface area contributed by atoms with Gasteiger partial charge in [0.05, 0.1) is 0 Å². The molecule has 0 radical (unpaired) electrons. The highest BCUT2D eigenvalue weighted by molar-refractivity contribution is 6.09. The molecule has 3 heteroatoms. The van der Waals surface area contributed by atoms with Gasteiger partial charge in [0.1, 0.15) is 17.7 Å². The summed E-state index contributed by atoms with van der Waals surface area (Å²) in [5.41, 5.74) is 6.45. The number of nitrogen functional groups attached to an aromatic ring is 1. The van der Waals surface area contributed by atoms with Gasteiger partial charge in [-0.2, -0.15) is 0 Å². The second-order valence-corrected chi connectivity index (χ2v) is 5.99. The number of nitrogens with one attached hydrogen (secondary N) is 1. The summed E-state index contributed by atoms with van der Waals surface area (Å²) in [7, 11) is 0. The fraction of sp³-hybridized carbons (Fsp3) is 0.389. The standard InChI is InChI=1S/C18H22N2O/c1-12-6-2-5-9-16(12)21-17-11-10-15(18(19)20)13-7-3-4-8-14(13)17/h3-4,7-8,10-12,16H,2,5-6,9H2,1H3,(H3,19,20). The molecule has 0 bridgehead atoms. The van der Waals surface area contributed by atoms with Crippen LogP contribution in [0.2, 0.25) is 0 Å². The van der Waals surface area contributed by atoms with Crippen LogP contribution in [0.25, 0.3) is 10.8 Å². The fourth-order valence-corrected chi connectivity index (χ4v) is 3.23. The summed E-state index contributed by atoms with van der Waals surface area (Å²) in [4.78, 5) is 0. The second kappa shape index (κ2) is 5.76. The van der Waals surface area contributed by atoms with Crippen molar-refractivity contribution in [2.24, 2.45) is 11.7 Å². The molecule has 2 atom stereocenters. The van der Waals surface area contributed by atoms with Crippen molar-refractivity contribution in [3.63, 3.8) is 0 Å². The van der Waals surface area contributed by atoms with Crippen LogP contribution in [-0.4, -0.2) is 11.9 Å². The van der Waals surface area contributed by atoms with E-state index >= 15 is 0 Å². The number of nitrogens with two attached hydrogens (primary N) is 1. The zero-order valence-electron chi connectivity index (χ0n) is 12.4. The number of ether oxygens (including phenoxy) is 1. The maximum Gasteiger partial charge on any atom is 0.127 e. The van der Waals surface area contributed by atoms with E-state index in [1.165, 1.54) is 19.3 Å². The van der Waals surface area contributed by atoms with Crippen LogP contribution in [0.5, 0.6) is 5.75 Å². The van der Waals surface area contributed by atoms with Gasteiger partial charge in [0.25, 0.3) is 0 Å². The third-order valence-corrected chi connectivity index (χ3v) is 4.49. The van der Waals surface area contributed by atoms with E-state index in [0.29, 0.717) is 12.0 Å². The van der Waals surface area contributed by atoms with Crippen molar-refractivity contribution in [3.05, 3.63) is 42.0 Å². The Morgan fingerprint density at radius 3 is 2.52 bits per heavy atom. The molecule has 21 heavy (non-hydrogen) atoms. The first kappa shape index (κ1) is 13.9. The molecular formula is C18H22N2O. The molecular weight excluding hydrogens is 260 g/mol. The van der Waals surface area contributed by atoms with Gasteiger partial charge in [0, 0.05) is 10.9 Å². The molecule has 0 heterocycles. The van der Waals surface area contributed by atoms with E-state index in [9.17, 15) is 0 Å². The Balaban J connectivity index is 1.99. The van der Waals surface area contributed by atoms with E-state index in [4.69, 9.17) is 15.9 Å². The van der Waals surface area contributed by atoms with E-state index in [1.54, 1.807) is 0 Å². The van der Waals surface area contributed by atoms with Crippen molar-refractivity contribution >= 4 is 16.6 Å². The molecule has 2 unspecified atom stereocenters. The zero-order valence-corrected chi connectivity index (χ0v) is 12.4. The Bertz CT molecular complexity index is 665. The molecule has 1 fully saturated rings. The van der Waals surface area contributed by atoms with E-state index in [1.807, 2.05) is 36.4 Å². The minimum absolute atomic E-state index is 0.101. The highest BCUT2D eigenvalue weighted by Gasteiger charge is 2.23. The van der Waals surface area contributed by atoms with Gasteiger partial charge in [-0.05, 0) is 42.7 Å². The predicted molar refractivity (Wildman–Crippen MR) is 87.0 cm³/mol. The van der Waals surface area contributed by atoms with Crippen LogP contribution >= 0.6 is 0 Å². The lowest BCUT2D eigenvalue weighted by molar-refractivity contribution is 0.104. The van der Waals surface area contributed by atoms with E-state index in [2.05, 4.69) is 6.92 Å².